The van der Waals surface area contributed by atoms with Gasteiger partial charge in [0.25, 0.3) is 0 Å². The summed E-state index contributed by atoms with van der Waals surface area (Å²) in [5.74, 6) is 0.0599. The number of carbonyl (C=O) groups excluding carboxylic acids is 2. The highest BCUT2D eigenvalue weighted by Crippen LogP contribution is 2.43. The summed E-state index contributed by atoms with van der Waals surface area (Å²) in [6.45, 7) is 3.33. The fourth-order valence-corrected chi connectivity index (χ4v) is 9.51. The summed E-state index contributed by atoms with van der Waals surface area (Å²) < 4.78 is 105. The van der Waals surface area contributed by atoms with Crippen molar-refractivity contribution in [1.82, 2.24) is 9.13 Å². The monoisotopic (exact) mass is 998 g/mol. The van der Waals surface area contributed by atoms with Gasteiger partial charge in [-0.25, -0.2) is 0 Å². The highest BCUT2D eigenvalue weighted by atomic mass is 35.5. The Labute approximate surface area is 396 Å². The van der Waals surface area contributed by atoms with Crippen LogP contribution in [-0.4, -0.2) is 47.5 Å². The van der Waals surface area contributed by atoms with Gasteiger partial charge < -0.3 is 28.1 Å². The number of aryl methyl sites for hydroxylation is 4. The molecule has 0 atom stereocenters. The molecule has 2 fully saturated rings. The zero-order valence-corrected chi connectivity index (χ0v) is 39.5. The number of methoxy groups -OCH3 is 2. The van der Waals surface area contributed by atoms with E-state index in [1.165, 1.54) is 14.2 Å². The molecule has 6 aromatic rings. The number of halogens is 10. The van der Waals surface area contributed by atoms with Crippen molar-refractivity contribution in [2.45, 2.75) is 76.9 Å². The van der Waals surface area contributed by atoms with Gasteiger partial charge >= 0.3 is 24.3 Å². The lowest BCUT2D eigenvalue weighted by molar-refractivity contribution is -0.152. The van der Waals surface area contributed by atoms with Gasteiger partial charge in [-0.1, -0.05) is 46.4 Å². The lowest BCUT2D eigenvalue weighted by Gasteiger charge is -2.33. The van der Waals surface area contributed by atoms with Crippen molar-refractivity contribution in [3.8, 4) is 11.5 Å². The summed E-state index contributed by atoms with van der Waals surface area (Å²) in [5.41, 5.74) is 3.47. The van der Waals surface area contributed by atoms with Crippen molar-refractivity contribution in [3.05, 3.63) is 126 Å². The maximum absolute atomic E-state index is 13.3. The van der Waals surface area contributed by atoms with E-state index in [1.807, 2.05) is 12.1 Å². The fraction of sp³-hybridized carbons (Fsp3) is 0.375. The summed E-state index contributed by atoms with van der Waals surface area (Å²) in [7, 11) is 6.16. The Kier molecular flexibility index (Phi) is 14.2. The van der Waals surface area contributed by atoms with Crippen LogP contribution in [0.3, 0.4) is 0 Å². The Hall–Kier alpha value is -4.76. The number of aromatic nitrogens is 2. The smallest absolute Gasteiger partial charge is 0.416 e. The number of carbonyl (C=O) groups is 2. The molecule has 2 aliphatic carbocycles. The van der Waals surface area contributed by atoms with Crippen molar-refractivity contribution in [3.63, 3.8) is 0 Å². The minimum Gasteiger partial charge on any atom is -0.489 e. The summed E-state index contributed by atoms with van der Waals surface area (Å²) in [6.07, 6.45) is -6.33. The average Bonchev–Trinajstić information content (AvgIpc) is 3.72. The number of fused-ring (bicyclic) bond motifs is 2. The van der Waals surface area contributed by atoms with Crippen LogP contribution < -0.4 is 9.47 Å². The van der Waals surface area contributed by atoms with E-state index in [2.05, 4.69) is 0 Å². The third kappa shape index (κ3) is 10.1. The zero-order valence-electron chi connectivity index (χ0n) is 36.4. The van der Waals surface area contributed by atoms with Gasteiger partial charge in [0.15, 0.2) is 0 Å². The first kappa shape index (κ1) is 49.2. The molecule has 0 amide bonds. The van der Waals surface area contributed by atoms with Gasteiger partial charge in [-0.2, -0.15) is 26.3 Å². The van der Waals surface area contributed by atoms with Crippen molar-refractivity contribution in [1.29, 1.82) is 0 Å². The van der Waals surface area contributed by atoms with E-state index in [-0.39, 0.29) is 36.0 Å². The molecule has 0 aliphatic heterocycles. The maximum Gasteiger partial charge on any atom is 0.416 e. The molecule has 0 saturated heterocycles. The molecule has 0 radical (unpaired) electrons. The normalized spacial score (nSPS) is 18.3. The van der Waals surface area contributed by atoms with Crippen molar-refractivity contribution >= 4 is 80.1 Å². The van der Waals surface area contributed by atoms with Crippen molar-refractivity contribution in [2.75, 3.05) is 14.2 Å². The minimum absolute atomic E-state index is 0.151. The van der Waals surface area contributed by atoms with Crippen LogP contribution in [0.15, 0.2) is 60.7 Å². The Bertz CT molecular complexity index is 2650. The molecule has 2 aromatic heterocycles. The number of nitrogens with zero attached hydrogens (tertiary/aromatic N) is 2. The molecule has 2 saturated carbocycles. The van der Waals surface area contributed by atoms with E-state index in [4.69, 9.17) is 65.4 Å². The predicted molar refractivity (Wildman–Crippen MR) is 242 cm³/mol. The van der Waals surface area contributed by atoms with Crippen LogP contribution in [0.1, 0.15) is 70.5 Å². The van der Waals surface area contributed by atoms with Gasteiger partial charge in [-0.15, -0.1) is 0 Å². The van der Waals surface area contributed by atoms with Crippen molar-refractivity contribution in [2.24, 2.45) is 25.9 Å². The zero-order chi connectivity index (χ0) is 48.2. The average molecular weight is 1000 g/mol. The van der Waals surface area contributed by atoms with E-state index in [1.54, 1.807) is 61.3 Å². The van der Waals surface area contributed by atoms with Gasteiger partial charge in [-0.3, -0.25) is 9.59 Å². The first-order valence-electron chi connectivity index (χ1n) is 20.7. The molecule has 18 heteroatoms. The van der Waals surface area contributed by atoms with Crippen molar-refractivity contribution < 1.29 is 54.9 Å². The summed E-state index contributed by atoms with van der Waals surface area (Å²) >= 11 is 26.1. The number of benzene rings is 4. The van der Waals surface area contributed by atoms with Gasteiger partial charge in [0.05, 0.1) is 47.2 Å². The second-order valence-corrected chi connectivity index (χ2v) is 18.3. The molecule has 352 valence electrons. The first-order valence-corrected chi connectivity index (χ1v) is 22.2. The van der Waals surface area contributed by atoms with E-state index in [9.17, 15) is 35.9 Å². The number of rotatable bonds is 10. The van der Waals surface area contributed by atoms with Crippen LogP contribution in [0.5, 0.6) is 11.5 Å². The molecule has 0 spiro atoms. The fourth-order valence-electron chi connectivity index (χ4n) is 8.41. The predicted octanol–water partition coefficient (Wildman–Crippen LogP) is 13.5. The summed E-state index contributed by atoms with van der Waals surface area (Å²) in [6, 6.07) is 15.1. The Morgan fingerprint density at radius 1 is 0.591 bits per heavy atom. The molecular weight excluding hydrogens is 956 g/mol. The minimum atomic E-state index is -4.42. The molecule has 4 aromatic carbocycles. The third-order valence-electron chi connectivity index (χ3n) is 12.5. The summed E-state index contributed by atoms with van der Waals surface area (Å²) in [4.78, 5) is 23.2. The number of esters is 2. The van der Waals surface area contributed by atoms with Gasteiger partial charge in [0.1, 0.15) is 23.7 Å². The second-order valence-electron chi connectivity index (χ2n) is 16.7. The molecule has 0 bridgehead atoms. The van der Waals surface area contributed by atoms with E-state index in [0.717, 1.165) is 46.4 Å². The molecule has 8 nitrogen and oxygen atoms in total. The van der Waals surface area contributed by atoms with Crippen LogP contribution in [0, 0.1) is 25.7 Å². The van der Waals surface area contributed by atoms with Crippen LogP contribution in [0.4, 0.5) is 26.3 Å². The molecule has 2 aliphatic rings. The number of hydrogen-bond acceptors (Lipinski definition) is 6. The Morgan fingerprint density at radius 3 is 1.26 bits per heavy atom. The lowest BCUT2D eigenvalue weighted by atomic mass is 9.82. The van der Waals surface area contributed by atoms with Crippen LogP contribution in [0.2, 0.25) is 20.1 Å². The quantitative estimate of drug-likeness (QED) is 0.100. The Morgan fingerprint density at radius 2 is 0.939 bits per heavy atom. The largest absolute Gasteiger partial charge is 0.489 e. The van der Waals surface area contributed by atoms with E-state index >= 15 is 0 Å². The second kappa shape index (κ2) is 19.1. The molecule has 0 unspecified atom stereocenters. The highest BCUT2D eigenvalue weighted by molar-refractivity contribution is 6.37. The maximum atomic E-state index is 13.3. The molecule has 8 rings (SSSR count). The molecular formula is C48H44Cl4F6N2O6. The van der Waals surface area contributed by atoms with Gasteiger partial charge in [0, 0.05) is 70.2 Å². The number of alkyl halides is 6. The van der Waals surface area contributed by atoms with Crippen LogP contribution in [0.25, 0.3) is 21.8 Å². The molecule has 2 heterocycles. The lowest BCUT2D eigenvalue weighted by Crippen LogP contribution is -2.38. The standard InChI is InChI=1S/2C24H22Cl2F3NO3/c2*1-12-6-14(24(27,28)29)9-20-17(12)10-15(30(20)2)11-18-19(25)4-5-21(22(18)26)33-16-7-13(8-16)23(31)32-3/h2*4-6,9-10,13,16H,7-8,11H2,1-3H3. The Balaban J connectivity index is 0.000000196. The molecule has 0 N–H and O–H groups in total. The SMILES string of the molecule is COC(=O)C1CC(Oc2ccc(Cl)c(Cc3cc4c(C)cc(C(F)(F)F)cc4n3C)c2Cl)C1.COC(=O)C1CC(Oc2ccc(Cl)c(Cc3cc4c(C)cc(C(F)(F)F)cc4n3C)c2Cl)C1. The first-order chi connectivity index (χ1) is 31.0. The highest BCUT2D eigenvalue weighted by Gasteiger charge is 2.39. The third-order valence-corrected chi connectivity index (χ3v) is 14.0. The number of hydrogen-bond donors (Lipinski definition) is 0. The van der Waals surface area contributed by atoms with E-state index < -0.39 is 23.5 Å². The van der Waals surface area contributed by atoms with Gasteiger partial charge in [-0.05, 0) is 122 Å². The van der Waals surface area contributed by atoms with E-state index in [0.29, 0.717) is 103 Å². The van der Waals surface area contributed by atoms with Crippen LogP contribution >= 0.6 is 46.4 Å². The van der Waals surface area contributed by atoms with Gasteiger partial charge in [0.2, 0.25) is 0 Å². The number of ether oxygens (including phenoxy) is 4. The molecule has 66 heavy (non-hydrogen) atoms. The topological polar surface area (TPSA) is 80.9 Å². The van der Waals surface area contributed by atoms with Crippen LogP contribution in [-0.2, 0) is 58.4 Å². The summed E-state index contributed by atoms with van der Waals surface area (Å²) in [5, 5.41) is 3.05.